The minimum Gasteiger partial charge on any atom is -0.497 e. The fraction of sp³-hybridized carbons (Fsp3) is 0.600. The van der Waals surface area contributed by atoms with Crippen LogP contribution in [0.1, 0.15) is 19.3 Å². The van der Waals surface area contributed by atoms with E-state index in [1.165, 1.54) is 0 Å². The molecule has 1 saturated heterocycles. The Hall–Kier alpha value is -1.11. The molecule has 21 heavy (non-hydrogen) atoms. The average Bonchev–Trinajstić information content (AvgIpc) is 2.94. The molecule has 116 valence electrons. The third-order valence-corrected chi connectivity index (χ3v) is 6.18. The lowest BCUT2D eigenvalue weighted by molar-refractivity contribution is 0.260. The quantitative estimate of drug-likeness (QED) is 0.881. The maximum atomic E-state index is 12.4. The van der Waals surface area contributed by atoms with Crippen molar-refractivity contribution in [3.8, 4) is 5.75 Å². The SMILES string of the molecule is COc1ccc(S(=O)(=O)NC2CC[C@H]3CNC[C@H]3C2)cc1. The van der Waals surface area contributed by atoms with Crippen molar-refractivity contribution in [2.24, 2.45) is 11.8 Å². The molecular formula is C15H22N2O3S. The van der Waals surface area contributed by atoms with Crippen LogP contribution < -0.4 is 14.8 Å². The lowest BCUT2D eigenvalue weighted by Gasteiger charge is -2.31. The highest BCUT2D eigenvalue weighted by Crippen LogP contribution is 2.33. The third kappa shape index (κ3) is 3.22. The van der Waals surface area contributed by atoms with Crippen molar-refractivity contribution in [3.63, 3.8) is 0 Å². The Morgan fingerprint density at radius 1 is 1.14 bits per heavy atom. The molecule has 2 aliphatic rings. The Balaban J connectivity index is 1.67. The highest BCUT2D eigenvalue weighted by molar-refractivity contribution is 7.89. The number of fused-ring (bicyclic) bond motifs is 1. The normalized spacial score (nSPS) is 29.1. The number of methoxy groups -OCH3 is 1. The molecule has 5 nitrogen and oxygen atoms in total. The van der Waals surface area contributed by atoms with Gasteiger partial charge in [-0.25, -0.2) is 13.1 Å². The zero-order valence-electron chi connectivity index (χ0n) is 12.2. The molecule has 0 aromatic heterocycles. The molecule has 1 aromatic rings. The molecule has 0 bridgehead atoms. The summed E-state index contributed by atoms with van der Waals surface area (Å²) in [6.07, 6.45) is 2.97. The van der Waals surface area contributed by atoms with E-state index in [4.69, 9.17) is 4.74 Å². The van der Waals surface area contributed by atoms with Crippen molar-refractivity contribution >= 4 is 10.0 Å². The van der Waals surface area contributed by atoms with E-state index in [1.807, 2.05) is 0 Å². The summed E-state index contributed by atoms with van der Waals surface area (Å²) >= 11 is 0. The number of sulfonamides is 1. The molecule has 1 aliphatic heterocycles. The first-order chi connectivity index (χ1) is 10.1. The maximum absolute atomic E-state index is 12.4. The first-order valence-electron chi connectivity index (χ1n) is 7.45. The summed E-state index contributed by atoms with van der Waals surface area (Å²) in [5, 5.41) is 3.40. The molecule has 0 spiro atoms. The summed E-state index contributed by atoms with van der Waals surface area (Å²) in [5.41, 5.74) is 0. The molecular weight excluding hydrogens is 288 g/mol. The van der Waals surface area contributed by atoms with E-state index in [0.29, 0.717) is 16.6 Å². The van der Waals surface area contributed by atoms with Crippen LogP contribution >= 0.6 is 0 Å². The van der Waals surface area contributed by atoms with Crippen molar-refractivity contribution in [1.82, 2.24) is 10.0 Å². The van der Waals surface area contributed by atoms with Crippen LogP contribution in [0, 0.1) is 11.8 Å². The third-order valence-electron chi connectivity index (χ3n) is 4.64. The molecule has 3 rings (SSSR count). The van der Waals surface area contributed by atoms with E-state index >= 15 is 0 Å². The van der Waals surface area contributed by atoms with Gasteiger partial charge in [0.1, 0.15) is 5.75 Å². The van der Waals surface area contributed by atoms with Gasteiger partial charge in [-0.3, -0.25) is 0 Å². The van der Waals surface area contributed by atoms with E-state index in [-0.39, 0.29) is 6.04 Å². The lowest BCUT2D eigenvalue weighted by Crippen LogP contribution is -2.40. The summed E-state index contributed by atoms with van der Waals surface area (Å²) in [4.78, 5) is 0.301. The maximum Gasteiger partial charge on any atom is 0.240 e. The van der Waals surface area contributed by atoms with Crippen LogP contribution in [0.5, 0.6) is 5.75 Å². The molecule has 1 saturated carbocycles. The molecule has 3 atom stereocenters. The van der Waals surface area contributed by atoms with E-state index in [1.54, 1.807) is 31.4 Å². The summed E-state index contributed by atoms with van der Waals surface area (Å²) in [7, 11) is -1.87. The van der Waals surface area contributed by atoms with Crippen LogP contribution in [-0.4, -0.2) is 34.7 Å². The monoisotopic (exact) mass is 310 g/mol. The summed E-state index contributed by atoms with van der Waals surface area (Å²) in [5.74, 6) is 2.00. The van der Waals surface area contributed by atoms with Crippen molar-refractivity contribution in [2.75, 3.05) is 20.2 Å². The van der Waals surface area contributed by atoms with Crippen molar-refractivity contribution in [2.45, 2.75) is 30.2 Å². The van der Waals surface area contributed by atoms with Crippen molar-refractivity contribution in [3.05, 3.63) is 24.3 Å². The molecule has 1 heterocycles. The van der Waals surface area contributed by atoms with Gasteiger partial charge in [0, 0.05) is 6.04 Å². The second-order valence-corrected chi connectivity index (χ2v) is 7.70. The zero-order valence-corrected chi connectivity index (χ0v) is 13.0. The molecule has 1 aliphatic carbocycles. The van der Waals surface area contributed by atoms with Crippen molar-refractivity contribution < 1.29 is 13.2 Å². The van der Waals surface area contributed by atoms with Gasteiger partial charge in [-0.2, -0.15) is 0 Å². The van der Waals surface area contributed by atoms with Gasteiger partial charge in [0.05, 0.1) is 12.0 Å². The van der Waals surface area contributed by atoms with Gasteiger partial charge in [0.2, 0.25) is 10.0 Å². The smallest absolute Gasteiger partial charge is 0.240 e. The molecule has 0 amide bonds. The number of hydrogen-bond donors (Lipinski definition) is 2. The Kier molecular flexibility index (Phi) is 4.19. The number of hydrogen-bond acceptors (Lipinski definition) is 4. The number of nitrogens with one attached hydrogen (secondary N) is 2. The van der Waals surface area contributed by atoms with Gasteiger partial charge in [-0.15, -0.1) is 0 Å². The Morgan fingerprint density at radius 2 is 1.86 bits per heavy atom. The van der Waals surface area contributed by atoms with Gasteiger partial charge in [0.15, 0.2) is 0 Å². The second kappa shape index (κ2) is 5.94. The van der Waals surface area contributed by atoms with E-state index < -0.39 is 10.0 Å². The molecule has 0 radical (unpaired) electrons. The molecule has 1 unspecified atom stereocenters. The zero-order chi connectivity index (χ0) is 14.9. The molecule has 1 aromatic carbocycles. The van der Waals surface area contributed by atoms with Crippen LogP contribution in [0.3, 0.4) is 0 Å². The van der Waals surface area contributed by atoms with Crippen LogP contribution in [0.25, 0.3) is 0 Å². The Morgan fingerprint density at radius 3 is 2.57 bits per heavy atom. The standard InChI is InChI=1S/C15H22N2O3S/c1-20-14-4-6-15(7-5-14)21(18,19)17-13-3-2-11-9-16-10-12(11)8-13/h4-7,11-13,16-17H,2-3,8-10H2,1H3/t11-,12+,13?/m0/s1. The first kappa shape index (κ1) is 14.8. The first-order valence-corrected chi connectivity index (χ1v) is 8.94. The molecule has 2 fully saturated rings. The van der Waals surface area contributed by atoms with Crippen LogP contribution in [0.2, 0.25) is 0 Å². The summed E-state index contributed by atoms with van der Waals surface area (Å²) < 4.78 is 32.8. The predicted octanol–water partition coefficient (Wildman–Crippen LogP) is 1.36. The summed E-state index contributed by atoms with van der Waals surface area (Å²) in [6, 6.07) is 6.57. The minimum atomic E-state index is -3.44. The fourth-order valence-electron chi connectivity index (χ4n) is 3.45. The lowest BCUT2D eigenvalue weighted by atomic mass is 9.79. The van der Waals surface area contributed by atoms with Gasteiger partial charge in [0.25, 0.3) is 0 Å². The highest BCUT2D eigenvalue weighted by atomic mass is 32.2. The largest absolute Gasteiger partial charge is 0.497 e. The van der Waals surface area contributed by atoms with Crippen molar-refractivity contribution in [1.29, 1.82) is 0 Å². The van der Waals surface area contributed by atoms with Gasteiger partial charge < -0.3 is 10.1 Å². The van der Waals surface area contributed by atoms with Crippen LogP contribution in [0.4, 0.5) is 0 Å². The van der Waals surface area contributed by atoms with Crippen LogP contribution in [0.15, 0.2) is 29.2 Å². The van der Waals surface area contributed by atoms with Crippen LogP contribution in [-0.2, 0) is 10.0 Å². The predicted molar refractivity (Wildman–Crippen MR) is 80.8 cm³/mol. The topological polar surface area (TPSA) is 67.4 Å². The van der Waals surface area contributed by atoms with E-state index in [2.05, 4.69) is 10.0 Å². The summed E-state index contributed by atoms with van der Waals surface area (Å²) in [6.45, 7) is 2.11. The van der Waals surface area contributed by atoms with E-state index in [0.717, 1.165) is 38.3 Å². The number of rotatable bonds is 4. The average molecular weight is 310 g/mol. The Bertz CT molecular complexity index is 585. The fourth-order valence-corrected chi connectivity index (χ4v) is 4.73. The van der Waals surface area contributed by atoms with Gasteiger partial charge in [-0.1, -0.05) is 0 Å². The molecule has 2 N–H and O–H groups in total. The number of benzene rings is 1. The highest BCUT2D eigenvalue weighted by Gasteiger charge is 2.35. The van der Waals surface area contributed by atoms with Gasteiger partial charge >= 0.3 is 0 Å². The minimum absolute atomic E-state index is 0.0539. The Labute approximate surface area is 126 Å². The van der Waals surface area contributed by atoms with Gasteiger partial charge in [-0.05, 0) is 68.5 Å². The molecule has 6 heteroatoms. The number of ether oxygens (including phenoxy) is 1. The van der Waals surface area contributed by atoms with E-state index in [9.17, 15) is 8.42 Å². The second-order valence-electron chi connectivity index (χ2n) is 5.99.